The number of rotatable bonds is 8. The molecule has 0 amide bonds. The van der Waals surface area contributed by atoms with Crippen LogP contribution in [0.15, 0.2) is 18.2 Å². The van der Waals surface area contributed by atoms with E-state index >= 15 is 0 Å². The first-order valence-electron chi connectivity index (χ1n) is 9.75. The Kier molecular flexibility index (Phi) is 6.74. The largest absolute Gasteiger partial charge is 0.490 e. The highest BCUT2D eigenvalue weighted by Crippen LogP contribution is 2.31. The van der Waals surface area contributed by atoms with Crippen LogP contribution in [0.5, 0.6) is 11.5 Å². The fraction of sp³-hybridized carbons (Fsp3) is 0.571. The molecule has 0 saturated carbocycles. The molecule has 2 heterocycles. The molecule has 27 heavy (non-hydrogen) atoms. The van der Waals surface area contributed by atoms with Gasteiger partial charge in [0.1, 0.15) is 0 Å². The summed E-state index contributed by atoms with van der Waals surface area (Å²) in [4.78, 5) is 2.40. The lowest BCUT2D eigenvalue weighted by molar-refractivity contribution is 0.139. The highest BCUT2D eigenvalue weighted by atomic mass is 16.5. The lowest BCUT2D eigenvalue weighted by atomic mass is 10.1. The third-order valence-electron chi connectivity index (χ3n) is 5.04. The molecule has 1 aromatic heterocycles. The molecule has 6 heteroatoms. The van der Waals surface area contributed by atoms with E-state index in [9.17, 15) is 0 Å². The van der Waals surface area contributed by atoms with Gasteiger partial charge in [0.25, 0.3) is 0 Å². The number of aryl methyl sites for hydroxylation is 2. The third-order valence-corrected chi connectivity index (χ3v) is 5.04. The summed E-state index contributed by atoms with van der Waals surface area (Å²) in [6.45, 7) is 11.9. The lowest BCUT2D eigenvalue weighted by Gasteiger charge is -2.23. The van der Waals surface area contributed by atoms with Gasteiger partial charge in [-0.15, -0.1) is 0 Å². The summed E-state index contributed by atoms with van der Waals surface area (Å²) >= 11 is 0. The van der Waals surface area contributed by atoms with Crippen LogP contribution in [-0.2, 0) is 24.4 Å². The highest BCUT2D eigenvalue weighted by Gasteiger charge is 2.17. The minimum atomic E-state index is 0.699. The number of benzene rings is 1. The van der Waals surface area contributed by atoms with Crippen LogP contribution in [0, 0.1) is 13.8 Å². The van der Waals surface area contributed by atoms with Gasteiger partial charge in [-0.05, 0) is 38.5 Å². The average molecular weight is 373 g/mol. The van der Waals surface area contributed by atoms with Crippen molar-refractivity contribution in [1.29, 1.82) is 0 Å². The SMILES string of the molecule is CCn1nc(C)c(CN(CCOC)Cc2ccc3c(c2)OCCCO3)c1C. The van der Waals surface area contributed by atoms with Crippen LogP contribution in [0.4, 0.5) is 0 Å². The molecule has 0 N–H and O–H groups in total. The molecule has 3 rings (SSSR count). The highest BCUT2D eigenvalue weighted by molar-refractivity contribution is 5.43. The van der Waals surface area contributed by atoms with Gasteiger partial charge < -0.3 is 14.2 Å². The lowest BCUT2D eigenvalue weighted by Crippen LogP contribution is -2.27. The maximum atomic E-state index is 5.84. The quantitative estimate of drug-likeness (QED) is 0.710. The predicted octanol–water partition coefficient (Wildman–Crippen LogP) is 3.33. The van der Waals surface area contributed by atoms with E-state index in [0.717, 1.165) is 49.8 Å². The molecule has 2 aromatic rings. The molecular formula is C21H31N3O3. The number of nitrogens with zero attached hydrogens (tertiary/aromatic N) is 3. The number of methoxy groups -OCH3 is 1. The zero-order valence-corrected chi connectivity index (χ0v) is 17.0. The van der Waals surface area contributed by atoms with Gasteiger partial charge in [0.2, 0.25) is 0 Å². The van der Waals surface area contributed by atoms with Crippen LogP contribution in [0.1, 0.15) is 35.9 Å². The first-order valence-corrected chi connectivity index (χ1v) is 9.75. The molecule has 1 aromatic carbocycles. The minimum Gasteiger partial charge on any atom is -0.490 e. The van der Waals surface area contributed by atoms with Gasteiger partial charge in [0.05, 0.1) is 25.5 Å². The monoisotopic (exact) mass is 373 g/mol. The average Bonchev–Trinajstić information content (AvgIpc) is 2.84. The van der Waals surface area contributed by atoms with E-state index in [-0.39, 0.29) is 0 Å². The van der Waals surface area contributed by atoms with E-state index in [1.54, 1.807) is 7.11 Å². The molecular weight excluding hydrogens is 342 g/mol. The molecule has 0 atom stereocenters. The molecule has 0 aliphatic carbocycles. The molecule has 0 bridgehead atoms. The summed E-state index contributed by atoms with van der Waals surface area (Å²) < 4.78 is 19.0. The Morgan fingerprint density at radius 3 is 2.63 bits per heavy atom. The zero-order chi connectivity index (χ0) is 19.2. The fourth-order valence-corrected chi connectivity index (χ4v) is 3.49. The Bertz CT molecular complexity index is 757. The van der Waals surface area contributed by atoms with Gasteiger partial charge in [-0.3, -0.25) is 9.58 Å². The van der Waals surface area contributed by atoms with Crippen molar-refractivity contribution < 1.29 is 14.2 Å². The van der Waals surface area contributed by atoms with Crippen molar-refractivity contribution in [3.05, 3.63) is 40.7 Å². The standard InChI is InChI=1S/C21H31N3O3/c1-5-24-17(3)19(16(2)22-24)15-23(9-12-25-4)14-18-7-8-20-21(13-18)27-11-6-10-26-20/h7-8,13H,5-6,9-12,14-15H2,1-4H3. The van der Waals surface area contributed by atoms with E-state index in [0.29, 0.717) is 19.8 Å². The van der Waals surface area contributed by atoms with Gasteiger partial charge in [-0.25, -0.2) is 0 Å². The summed E-state index contributed by atoms with van der Waals surface area (Å²) in [5, 5.41) is 4.66. The normalized spacial score (nSPS) is 13.8. The van der Waals surface area contributed by atoms with E-state index < -0.39 is 0 Å². The molecule has 0 spiro atoms. The van der Waals surface area contributed by atoms with Gasteiger partial charge in [0, 0.05) is 51.0 Å². The van der Waals surface area contributed by atoms with Crippen molar-refractivity contribution in [1.82, 2.24) is 14.7 Å². The van der Waals surface area contributed by atoms with Crippen molar-refractivity contribution in [3.8, 4) is 11.5 Å². The van der Waals surface area contributed by atoms with Crippen LogP contribution < -0.4 is 9.47 Å². The Morgan fingerprint density at radius 2 is 1.93 bits per heavy atom. The zero-order valence-electron chi connectivity index (χ0n) is 17.0. The van der Waals surface area contributed by atoms with Crippen LogP contribution in [-0.4, -0.2) is 48.2 Å². The van der Waals surface area contributed by atoms with E-state index in [4.69, 9.17) is 14.2 Å². The van der Waals surface area contributed by atoms with E-state index in [2.05, 4.69) is 47.6 Å². The van der Waals surface area contributed by atoms with Gasteiger partial charge in [0.15, 0.2) is 11.5 Å². The molecule has 0 fully saturated rings. The van der Waals surface area contributed by atoms with Gasteiger partial charge in [-0.1, -0.05) is 6.07 Å². The van der Waals surface area contributed by atoms with Crippen molar-refractivity contribution in [2.75, 3.05) is 33.5 Å². The van der Waals surface area contributed by atoms with Crippen molar-refractivity contribution in [3.63, 3.8) is 0 Å². The molecule has 6 nitrogen and oxygen atoms in total. The predicted molar refractivity (Wildman–Crippen MR) is 105 cm³/mol. The molecule has 0 radical (unpaired) electrons. The summed E-state index contributed by atoms with van der Waals surface area (Å²) in [5.74, 6) is 1.69. The molecule has 1 aliphatic heterocycles. The number of aromatic nitrogens is 2. The number of hydrogen-bond acceptors (Lipinski definition) is 5. The van der Waals surface area contributed by atoms with Crippen LogP contribution >= 0.6 is 0 Å². The summed E-state index contributed by atoms with van der Waals surface area (Å²) in [6, 6.07) is 6.26. The Hall–Kier alpha value is -2.05. The van der Waals surface area contributed by atoms with Gasteiger partial charge >= 0.3 is 0 Å². The number of fused-ring (bicyclic) bond motifs is 1. The van der Waals surface area contributed by atoms with Crippen LogP contribution in [0.2, 0.25) is 0 Å². The van der Waals surface area contributed by atoms with Crippen LogP contribution in [0.3, 0.4) is 0 Å². The second kappa shape index (κ2) is 9.24. The summed E-state index contributed by atoms with van der Waals surface area (Å²) in [7, 11) is 1.75. The Labute approximate surface area is 162 Å². The third kappa shape index (κ3) is 4.82. The minimum absolute atomic E-state index is 0.699. The molecule has 1 aliphatic rings. The topological polar surface area (TPSA) is 48.8 Å². The number of ether oxygens (including phenoxy) is 3. The Balaban J connectivity index is 1.77. The van der Waals surface area contributed by atoms with Crippen molar-refractivity contribution in [2.45, 2.75) is 46.8 Å². The summed E-state index contributed by atoms with van der Waals surface area (Å²) in [6.07, 6.45) is 0.921. The first kappa shape index (κ1) is 19.7. The number of hydrogen-bond donors (Lipinski definition) is 0. The first-order chi connectivity index (χ1) is 13.1. The smallest absolute Gasteiger partial charge is 0.161 e. The summed E-state index contributed by atoms with van der Waals surface area (Å²) in [5.41, 5.74) is 4.88. The molecule has 0 unspecified atom stereocenters. The van der Waals surface area contributed by atoms with Gasteiger partial charge in [-0.2, -0.15) is 5.10 Å². The Morgan fingerprint density at radius 1 is 1.15 bits per heavy atom. The fourth-order valence-electron chi connectivity index (χ4n) is 3.49. The maximum Gasteiger partial charge on any atom is 0.161 e. The second-order valence-electron chi connectivity index (χ2n) is 7.00. The van der Waals surface area contributed by atoms with Crippen molar-refractivity contribution >= 4 is 0 Å². The van der Waals surface area contributed by atoms with E-state index in [1.807, 2.05) is 6.07 Å². The van der Waals surface area contributed by atoms with Crippen molar-refractivity contribution in [2.24, 2.45) is 0 Å². The van der Waals surface area contributed by atoms with Crippen LogP contribution in [0.25, 0.3) is 0 Å². The maximum absolute atomic E-state index is 5.84. The van der Waals surface area contributed by atoms with E-state index in [1.165, 1.54) is 16.8 Å². The molecule has 148 valence electrons. The second-order valence-corrected chi connectivity index (χ2v) is 7.00. The molecule has 0 saturated heterocycles.